The van der Waals surface area contributed by atoms with Gasteiger partial charge >= 0.3 is 0 Å². The minimum Gasteiger partial charge on any atom is -0.491 e. The number of rotatable bonds is 4. The van der Waals surface area contributed by atoms with Gasteiger partial charge in [0.25, 0.3) is 0 Å². The molecule has 2 rings (SSSR count). The van der Waals surface area contributed by atoms with E-state index in [4.69, 9.17) is 10.5 Å². The molecule has 0 saturated carbocycles. The Bertz CT molecular complexity index is 430. The molecule has 1 amide bonds. The van der Waals surface area contributed by atoms with Crippen molar-refractivity contribution in [3.05, 3.63) is 30.3 Å². The fourth-order valence-electron chi connectivity index (χ4n) is 2.31. The molecule has 1 aliphatic rings. The number of ether oxygens (including phenoxy) is 1. The van der Waals surface area contributed by atoms with Gasteiger partial charge in [0.2, 0.25) is 5.91 Å². The second kappa shape index (κ2) is 7.47. The van der Waals surface area contributed by atoms with Crippen molar-refractivity contribution in [2.75, 3.05) is 26.2 Å². The average Bonchev–Trinajstić information content (AvgIpc) is 2.45. The number of aliphatic hydroxyl groups is 1. The smallest absolute Gasteiger partial charge is 0.236 e. The van der Waals surface area contributed by atoms with Crippen molar-refractivity contribution in [3.63, 3.8) is 0 Å². The highest BCUT2D eigenvalue weighted by molar-refractivity contribution is 5.85. The molecule has 1 fully saturated rings. The number of halogens is 1. The number of carbonyl (C=O) groups is 1. The second-order valence-corrected chi connectivity index (χ2v) is 4.95. The predicted octanol–water partition coefficient (Wildman–Crippen LogP) is 0.799. The first-order valence-electron chi connectivity index (χ1n) is 6.51. The molecule has 0 radical (unpaired) electrons. The molecular formula is C14H21ClN2O3. The number of benzene rings is 1. The third kappa shape index (κ3) is 4.37. The molecule has 0 spiro atoms. The number of hydrogen-bond acceptors (Lipinski definition) is 4. The Hall–Kier alpha value is -1.30. The molecule has 1 aromatic carbocycles. The molecule has 20 heavy (non-hydrogen) atoms. The van der Waals surface area contributed by atoms with Crippen LogP contribution in [0.25, 0.3) is 0 Å². The van der Waals surface area contributed by atoms with Gasteiger partial charge in [-0.25, -0.2) is 0 Å². The number of nitrogens with two attached hydrogens (primary N) is 1. The Morgan fingerprint density at radius 1 is 1.40 bits per heavy atom. The van der Waals surface area contributed by atoms with E-state index in [9.17, 15) is 9.90 Å². The maximum atomic E-state index is 11.6. The standard InChI is InChI=1S/C14H20N2O3.ClH/c15-9-13(17)16-8-4-7-14(18,10-16)11-19-12-5-2-1-3-6-12;/h1-3,5-6,18H,4,7-11,15H2;1H. The molecule has 0 aromatic heterocycles. The highest BCUT2D eigenvalue weighted by Crippen LogP contribution is 2.22. The lowest BCUT2D eigenvalue weighted by molar-refractivity contribution is -0.138. The van der Waals surface area contributed by atoms with Crippen LogP contribution in [0.4, 0.5) is 0 Å². The van der Waals surface area contributed by atoms with Gasteiger partial charge in [-0.3, -0.25) is 4.79 Å². The van der Waals surface area contributed by atoms with E-state index in [1.807, 2.05) is 30.3 Å². The first-order chi connectivity index (χ1) is 9.13. The number of hydrogen-bond donors (Lipinski definition) is 2. The molecule has 1 aliphatic heterocycles. The summed E-state index contributed by atoms with van der Waals surface area (Å²) in [5.41, 5.74) is 4.37. The molecule has 0 bridgehead atoms. The number of carbonyl (C=O) groups excluding carboxylic acids is 1. The molecule has 1 heterocycles. The molecule has 1 aromatic rings. The van der Waals surface area contributed by atoms with Crippen LogP contribution >= 0.6 is 12.4 Å². The van der Waals surface area contributed by atoms with Gasteiger partial charge in [-0.2, -0.15) is 0 Å². The molecule has 1 atom stereocenters. The lowest BCUT2D eigenvalue weighted by Crippen LogP contribution is -2.54. The molecule has 6 heteroatoms. The summed E-state index contributed by atoms with van der Waals surface area (Å²) in [5, 5.41) is 10.5. The van der Waals surface area contributed by atoms with E-state index in [0.717, 1.165) is 12.2 Å². The fraction of sp³-hybridized carbons (Fsp3) is 0.500. The highest BCUT2D eigenvalue weighted by atomic mass is 35.5. The largest absolute Gasteiger partial charge is 0.491 e. The summed E-state index contributed by atoms with van der Waals surface area (Å²) in [6.07, 6.45) is 1.40. The molecule has 5 nitrogen and oxygen atoms in total. The predicted molar refractivity (Wildman–Crippen MR) is 79.0 cm³/mol. The Morgan fingerprint density at radius 2 is 2.10 bits per heavy atom. The summed E-state index contributed by atoms with van der Waals surface area (Å²) in [6.45, 7) is 1.11. The Balaban J connectivity index is 0.00000200. The van der Waals surface area contributed by atoms with Gasteiger partial charge in [0.15, 0.2) is 0 Å². The van der Waals surface area contributed by atoms with Crippen LogP contribution in [0.2, 0.25) is 0 Å². The topological polar surface area (TPSA) is 75.8 Å². The van der Waals surface area contributed by atoms with Crippen LogP contribution in [-0.4, -0.2) is 47.8 Å². The van der Waals surface area contributed by atoms with Gasteiger partial charge in [0, 0.05) is 6.54 Å². The summed E-state index contributed by atoms with van der Waals surface area (Å²) in [7, 11) is 0. The minimum absolute atomic E-state index is 0. The molecule has 0 aliphatic carbocycles. The minimum atomic E-state index is -0.987. The monoisotopic (exact) mass is 300 g/mol. The Labute approximate surface area is 125 Å². The summed E-state index contributed by atoms with van der Waals surface area (Å²) < 4.78 is 5.59. The van der Waals surface area contributed by atoms with Crippen molar-refractivity contribution in [2.24, 2.45) is 5.73 Å². The van der Waals surface area contributed by atoms with Crippen molar-refractivity contribution in [3.8, 4) is 5.75 Å². The summed E-state index contributed by atoms with van der Waals surface area (Å²) >= 11 is 0. The highest BCUT2D eigenvalue weighted by Gasteiger charge is 2.35. The number of likely N-dealkylation sites (tertiary alicyclic amines) is 1. The van der Waals surface area contributed by atoms with Crippen molar-refractivity contribution >= 4 is 18.3 Å². The van der Waals surface area contributed by atoms with Gasteiger partial charge in [0.1, 0.15) is 18.0 Å². The summed E-state index contributed by atoms with van der Waals surface area (Å²) in [4.78, 5) is 13.2. The number of piperidine rings is 1. The van der Waals surface area contributed by atoms with Crippen LogP contribution in [-0.2, 0) is 4.79 Å². The van der Waals surface area contributed by atoms with Crippen molar-refractivity contribution in [1.29, 1.82) is 0 Å². The summed E-state index contributed by atoms with van der Waals surface area (Å²) in [5.74, 6) is 0.594. The third-order valence-electron chi connectivity index (χ3n) is 3.33. The van der Waals surface area contributed by atoms with Crippen LogP contribution in [0, 0.1) is 0 Å². The van der Waals surface area contributed by atoms with Gasteiger partial charge in [-0.1, -0.05) is 18.2 Å². The molecular weight excluding hydrogens is 280 g/mol. The number of para-hydroxylation sites is 1. The molecule has 1 unspecified atom stereocenters. The number of β-amino-alcohol motifs (C(OH)–C–C–N with tert-alkyl or cyclic N) is 1. The first kappa shape index (κ1) is 16.8. The lowest BCUT2D eigenvalue weighted by Gasteiger charge is -2.38. The van der Waals surface area contributed by atoms with Gasteiger partial charge in [0.05, 0.1) is 13.1 Å². The molecule has 112 valence electrons. The third-order valence-corrected chi connectivity index (χ3v) is 3.33. The SMILES string of the molecule is Cl.NCC(=O)N1CCCC(O)(COc2ccccc2)C1. The van der Waals surface area contributed by atoms with E-state index in [0.29, 0.717) is 13.0 Å². The van der Waals surface area contributed by atoms with Gasteiger partial charge in [-0.05, 0) is 25.0 Å². The zero-order chi connectivity index (χ0) is 13.7. The molecule has 3 N–H and O–H groups in total. The van der Waals surface area contributed by atoms with Crippen molar-refractivity contribution in [2.45, 2.75) is 18.4 Å². The van der Waals surface area contributed by atoms with E-state index >= 15 is 0 Å². The van der Waals surface area contributed by atoms with Crippen LogP contribution in [0.1, 0.15) is 12.8 Å². The van der Waals surface area contributed by atoms with Crippen LogP contribution < -0.4 is 10.5 Å². The van der Waals surface area contributed by atoms with E-state index in [-0.39, 0.29) is 38.0 Å². The maximum absolute atomic E-state index is 11.6. The Kier molecular flexibility index (Phi) is 6.26. The van der Waals surface area contributed by atoms with Crippen LogP contribution in [0.5, 0.6) is 5.75 Å². The maximum Gasteiger partial charge on any atom is 0.236 e. The van der Waals surface area contributed by atoms with Crippen molar-refractivity contribution < 1.29 is 14.6 Å². The van der Waals surface area contributed by atoms with Crippen LogP contribution in [0.3, 0.4) is 0 Å². The molecule has 1 saturated heterocycles. The number of nitrogens with zero attached hydrogens (tertiary/aromatic N) is 1. The van der Waals surface area contributed by atoms with E-state index in [2.05, 4.69) is 0 Å². The zero-order valence-electron chi connectivity index (χ0n) is 11.3. The number of amides is 1. The summed E-state index contributed by atoms with van der Waals surface area (Å²) in [6, 6.07) is 9.35. The van der Waals surface area contributed by atoms with E-state index < -0.39 is 5.60 Å². The Morgan fingerprint density at radius 3 is 2.75 bits per heavy atom. The second-order valence-electron chi connectivity index (χ2n) is 4.95. The normalized spacial score (nSPS) is 22.0. The van der Waals surface area contributed by atoms with Gasteiger partial charge < -0.3 is 20.5 Å². The van der Waals surface area contributed by atoms with Crippen LogP contribution in [0.15, 0.2) is 30.3 Å². The van der Waals surface area contributed by atoms with E-state index in [1.165, 1.54) is 0 Å². The van der Waals surface area contributed by atoms with Crippen molar-refractivity contribution in [1.82, 2.24) is 4.90 Å². The first-order valence-corrected chi connectivity index (χ1v) is 6.51. The zero-order valence-corrected chi connectivity index (χ0v) is 12.1. The van der Waals surface area contributed by atoms with Gasteiger partial charge in [-0.15, -0.1) is 12.4 Å². The quantitative estimate of drug-likeness (QED) is 0.862. The fourth-order valence-corrected chi connectivity index (χ4v) is 2.31. The lowest BCUT2D eigenvalue weighted by atomic mass is 9.93. The van der Waals surface area contributed by atoms with E-state index in [1.54, 1.807) is 4.90 Å². The average molecular weight is 301 g/mol.